The molecule has 5 aromatic rings. The molecular weight excluding hydrogens is 462 g/mol. The Kier molecular flexibility index (Phi) is 8.38. The molecule has 0 saturated carbocycles. The first-order valence-electron chi connectivity index (χ1n) is 13.5. The van der Waals surface area contributed by atoms with Gasteiger partial charge in [0.2, 0.25) is 0 Å². The van der Waals surface area contributed by atoms with E-state index in [4.69, 9.17) is 0 Å². The number of nitrogens with zero attached hydrogens (tertiary/aromatic N) is 1. The number of aryl methyl sites for hydroxylation is 1. The summed E-state index contributed by atoms with van der Waals surface area (Å²) in [5, 5.41) is 7.17. The molecule has 1 nitrogen and oxygen atoms in total. The van der Waals surface area contributed by atoms with E-state index in [0.29, 0.717) is 0 Å². The standard InChI is InChI=1S/C32H37NS2/c1-2-3-4-5-6-7-8-9-10-13-22-33-28-17-12-11-16-25(28)26-20-21-27(29-18-14-23-34-29)31(32(26)33)30-19-15-24-35-30/h11-12,14-21,23-24H,2-10,13,22H2,1H3. The highest BCUT2D eigenvalue weighted by Crippen LogP contribution is 2.44. The summed E-state index contributed by atoms with van der Waals surface area (Å²) in [6.45, 7) is 3.39. The molecule has 0 radical (unpaired) electrons. The number of hydrogen-bond donors (Lipinski definition) is 0. The van der Waals surface area contributed by atoms with Crippen LogP contribution in [-0.2, 0) is 6.54 Å². The van der Waals surface area contributed by atoms with Crippen LogP contribution < -0.4 is 0 Å². The summed E-state index contributed by atoms with van der Waals surface area (Å²) in [4.78, 5) is 2.72. The van der Waals surface area contributed by atoms with E-state index in [1.807, 2.05) is 22.7 Å². The molecule has 0 unspecified atom stereocenters. The molecule has 2 aromatic carbocycles. The first-order chi connectivity index (χ1) is 17.4. The highest BCUT2D eigenvalue weighted by Gasteiger charge is 2.19. The lowest BCUT2D eigenvalue weighted by Gasteiger charge is -2.14. The van der Waals surface area contributed by atoms with Crippen molar-refractivity contribution >= 4 is 44.5 Å². The summed E-state index contributed by atoms with van der Waals surface area (Å²) in [6.07, 6.45) is 13.7. The monoisotopic (exact) mass is 499 g/mol. The van der Waals surface area contributed by atoms with Gasteiger partial charge in [-0.2, -0.15) is 0 Å². The van der Waals surface area contributed by atoms with E-state index in [1.165, 1.54) is 107 Å². The average molecular weight is 500 g/mol. The maximum absolute atomic E-state index is 2.63. The van der Waals surface area contributed by atoms with E-state index < -0.39 is 0 Å². The molecule has 0 fully saturated rings. The average Bonchev–Trinajstić information content (AvgIpc) is 3.66. The summed E-state index contributed by atoms with van der Waals surface area (Å²) < 4.78 is 2.63. The molecule has 0 amide bonds. The third-order valence-electron chi connectivity index (χ3n) is 7.22. The largest absolute Gasteiger partial charge is 0.340 e. The fraction of sp³-hybridized carbons (Fsp3) is 0.375. The quantitative estimate of drug-likeness (QED) is 0.142. The van der Waals surface area contributed by atoms with Crippen LogP contribution in [0.4, 0.5) is 0 Å². The molecule has 3 aromatic heterocycles. The minimum atomic E-state index is 1.09. The second-order valence-electron chi connectivity index (χ2n) is 9.69. The third-order valence-corrected chi connectivity index (χ3v) is 9.01. The van der Waals surface area contributed by atoms with Crippen LogP contribution in [0, 0.1) is 0 Å². The maximum atomic E-state index is 2.63. The molecular formula is C32H37NS2. The summed E-state index contributed by atoms with van der Waals surface area (Å²) in [5.74, 6) is 0. The topological polar surface area (TPSA) is 4.93 Å². The van der Waals surface area contributed by atoms with E-state index in [-0.39, 0.29) is 0 Å². The van der Waals surface area contributed by atoms with Crippen molar-refractivity contribution < 1.29 is 0 Å². The van der Waals surface area contributed by atoms with Gasteiger partial charge >= 0.3 is 0 Å². The van der Waals surface area contributed by atoms with E-state index in [1.54, 1.807) is 0 Å². The number of para-hydroxylation sites is 1. The van der Waals surface area contributed by atoms with Crippen LogP contribution in [0.2, 0.25) is 0 Å². The van der Waals surface area contributed by atoms with Gasteiger partial charge in [-0.1, -0.05) is 107 Å². The predicted octanol–water partition coefficient (Wildman–Crippen LogP) is 11.2. The van der Waals surface area contributed by atoms with Gasteiger partial charge in [0.25, 0.3) is 0 Å². The molecule has 0 atom stereocenters. The lowest BCUT2D eigenvalue weighted by molar-refractivity contribution is 0.541. The molecule has 0 aliphatic rings. The van der Waals surface area contributed by atoms with Gasteiger partial charge in [-0.05, 0) is 35.4 Å². The Labute approximate surface area is 218 Å². The van der Waals surface area contributed by atoms with Crippen molar-refractivity contribution in [3.8, 4) is 20.9 Å². The molecule has 0 aliphatic heterocycles. The van der Waals surface area contributed by atoms with Crippen molar-refractivity contribution in [2.75, 3.05) is 0 Å². The maximum Gasteiger partial charge on any atom is 0.0585 e. The van der Waals surface area contributed by atoms with Gasteiger partial charge in [-0.3, -0.25) is 0 Å². The molecule has 3 heterocycles. The summed E-state index contributed by atoms with van der Waals surface area (Å²) in [5.41, 5.74) is 5.56. The zero-order valence-corrected chi connectivity index (χ0v) is 22.6. The molecule has 5 rings (SSSR count). The first kappa shape index (κ1) is 24.3. The van der Waals surface area contributed by atoms with Gasteiger partial charge in [0.05, 0.1) is 5.52 Å². The summed E-state index contributed by atoms with van der Waals surface area (Å²) in [7, 11) is 0. The number of thiophene rings is 2. The van der Waals surface area contributed by atoms with Crippen LogP contribution in [0.3, 0.4) is 0 Å². The molecule has 0 saturated heterocycles. The SMILES string of the molecule is CCCCCCCCCCCCn1c2ccccc2c2ccc(-c3cccs3)c(-c3cccs3)c21. The Balaban J connectivity index is 1.42. The lowest BCUT2D eigenvalue weighted by Crippen LogP contribution is -1.99. The number of fused-ring (bicyclic) bond motifs is 3. The highest BCUT2D eigenvalue weighted by molar-refractivity contribution is 7.14. The number of benzene rings is 2. The van der Waals surface area contributed by atoms with Crippen molar-refractivity contribution in [3.05, 3.63) is 71.4 Å². The van der Waals surface area contributed by atoms with Crippen LogP contribution in [0.25, 0.3) is 42.7 Å². The highest BCUT2D eigenvalue weighted by atomic mass is 32.1. The molecule has 182 valence electrons. The first-order valence-corrected chi connectivity index (χ1v) is 15.3. The lowest BCUT2D eigenvalue weighted by atomic mass is 10.00. The van der Waals surface area contributed by atoms with E-state index in [9.17, 15) is 0 Å². The van der Waals surface area contributed by atoms with Crippen LogP contribution >= 0.6 is 22.7 Å². The van der Waals surface area contributed by atoms with Crippen molar-refractivity contribution in [2.45, 2.75) is 77.7 Å². The van der Waals surface area contributed by atoms with E-state index in [0.717, 1.165) is 6.54 Å². The van der Waals surface area contributed by atoms with Gasteiger partial charge in [-0.15, -0.1) is 22.7 Å². The number of aromatic nitrogens is 1. The molecule has 0 bridgehead atoms. The molecule has 35 heavy (non-hydrogen) atoms. The van der Waals surface area contributed by atoms with Crippen LogP contribution in [0.5, 0.6) is 0 Å². The third kappa shape index (κ3) is 5.42. The van der Waals surface area contributed by atoms with Crippen molar-refractivity contribution in [1.82, 2.24) is 4.57 Å². The van der Waals surface area contributed by atoms with Crippen molar-refractivity contribution in [3.63, 3.8) is 0 Å². The van der Waals surface area contributed by atoms with Gasteiger partial charge in [0.15, 0.2) is 0 Å². The normalized spacial score (nSPS) is 11.7. The summed E-state index contributed by atoms with van der Waals surface area (Å²) in [6, 6.07) is 22.6. The Hall–Kier alpha value is -2.36. The second kappa shape index (κ2) is 12.1. The molecule has 0 aliphatic carbocycles. The number of rotatable bonds is 13. The van der Waals surface area contributed by atoms with Gasteiger partial charge < -0.3 is 4.57 Å². The van der Waals surface area contributed by atoms with Crippen molar-refractivity contribution in [1.29, 1.82) is 0 Å². The van der Waals surface area contributed by atoms with Crippen LogP contribution in [0.15, 0.2) is 71.4 Å². The Morgan fingerprint density at radius 2 is 1.26 bits per heavy atom. The Morgan fingerprint density at radius 1 is 0.600 bits per heavy atom. The minimum Gasteiger partial charge on any atom is -0.340 e. The number of hydrogen-bond acceptors (Lipinski definition) is 2. The fourth-order valence-electron chi connectivity index (χ4n) is 5.44. The minimum absolute atomic E-state index is 1.09. The van der Waals surface area contributed by atoms with Crippen LogP contribution in [0.1, 0.15) is 71.1 Å². The van der Waals surface area contributed by atoms with Gasteiger partial charge in [0.1, 0.15) is 0 Å². The van der Waals surface area contributed by atoms with Gasteiger partial charge in [0, 0.05) is 43.7 Å². The summed E-state index contributed by atoms with van der Waals surface area (Å²) >= 11 is 3.70. The molecule has 0 N–H and O–H groups in total. The predicted molar refractivity (Wildman–Crippen MR) is 158 cm³/mol. The Morgan fingerprint density at radius 3 is 1.94 bits per heavy atom. The molecule has 3 heteroatoms. The zero-order valence-electron chi connectivity index (χ0n) is 21.0. The smallest absolute Gasteiger partial charge is 0.0585 e. The fourth-order valence-corrected chi connectivity index (χ4v) is 6.99. The van der Waals surface area contributed by atoms with Gasteiger partial charge in [-0.25, -0.2) is 0 Å². The van der Waals surface area contributed by atoms with E-state index >= 15 is 0 Å². The number of unbranched alkanes of at least 4 members (excludes halogenated alkanes) is 9. The molecule has 0 spiro atoms. The van der Waals surface area contributed by atoms with E-state index in [2.05, 4.69) is 82.9 Å². The van der Waals surface area contributed by atoms with Crippen LogP contribution in [-0.4, -0.2) is 4.57 Å². The zero-order chi connectivity index (χ0) is 23.9. The second-order valence-corrected chi connectivity index (χ2v) is 11.6. The Bertz CT molecular complexity index is 1330. The van der Waals surface area contributed by atoms with Crippen molar-refractivity contribution in [2.24, 2.45) is 0 Å².